The third kappa shape index (κ3) is 2.92. The highest BCUT2D eigenvalue weighted by Crippen LogP contribution is 2.38. The summed E-state index contributed by atoms with van der Waals surface area (Å²) in [5, 5.41) is 5.56. The summed E-state index contributed by atoms with van der Waals surface area (Å²) in [6.07, 6.45) is 6.15. The van der Waals surface area contributed by atoms with Crippen LogP contribution in [0, 0.1) is 0 Å². The van der Waals surface area contributed by atoms with Crippen LogP contribution in [0.1, 0.15) is 33.4 Å². The molecule has 3 aromatic heterocycles. The highest BCUT2D eigenvalue weighted by atomic mass is 16.2. The fourth-order valence-corrected chi connectivity index (χ4v) is 4.73. The van der Waals surface area contributed by atoms with Crippen LogP contribution in [0.15, 0.2) is 91.4 Å². The Labute approximate surface area is 185 Å². The van der Waals surface area contributed by atoms with E-state index in [4.69, 9.17) is 0 Å². The Hall–Kier alpha value is -4.19. The van der Waals surface area contributed by atoms with Gasteiger partial charge in [0.05, 0.1) is 16.9 Å². The first-order valence-electron chi connectivity index (χ1n) is 10.7. The van der Waals surface area contributed by atoms with E-state index < -0.39 is 0 Å². The lowest BCUT2D eigenvalue weighted by Gasteiger charge is -2.36. The van der Waals surface area contributed by atoms with E-state index in [0.29, 0.717) is 12.1 Å². The second kappa shape index (κ2) is 7.50. The molecule has 1 aliphatic heterocycles. The number of para-hydroxylation sites is 2. The summed E-state index contributed by atoms with van der Waals surface area (Å²) in [6, 6.07) is 23.4. The van der Waals surface area contributed by atoms with Crippen molar-refractivity contribution in [2.75, 3.05) is 6.54 Å². The summed E-state index contributed by atoms with van der Waals surface area (Å²) in [4.78, 5) is 24.1. The van der Waals surface area contributed by atoms with E-state index in [1.165, 1.54) is 10.9 Å². The van der Waals surface area contributed by atoms with Gasteiger partial charge in [-0.3, -0.25) is 9.78 Å². The maximum absolute atomic E-state index is 14.0. The summed E-state index contributed by atoms with van der Waals surface area (Å²) in [7, 11) is 0. The predicted molar refractivity (Wildman–Crippen MR) is 123 cm³/mol. The third-order valence-electron chi connectivity index (χ3n) is 6.15. The average Bonchev–Trinajstić information content (AvgIpc) is 3.52. The summed E-state index contributed by atoms with van der Waals surface area (Å²) in [5.41, 5.74) is 5.64. The van der Waals surface area contributed by atoms with Gasteiger partial charge in [-0.2, -0.15) is 5.10 Å². The van der Waals surface area contributed by atoms with Gasteiger partial charge in [0, 0.05) is 41.7 Å². The molecule has 0 unspecified atom stereocenters. The van der Waals surface area contributed by atoms with E-state index in [0.717, 1.165) is 29.0 Å². The fourth-order valence-electron chi connectivity index (χ4n) is 4.73. The molecule has 0 aliphatic carbocycles. The van der Waals surface area contributed by atoms with E-state index >= 15 is 0 Å². The van der Waals surface area contributed by atoms with Crippen molar-refractivity contribution in [2.24, 2.45) is 0 Å². The molecular formula is C26H21N5O. The normalized spacial score (nSPS) is 15.6. The van der Waals surface area contributed by atoms with Crippen LogP contribution in [-0.2, 0) is 6.42 Å². The van der Waals surface area contributed by atoms with E-state index in [1.807, 2.05) is 65.7 Å². The number of rotatable bonds is 3. The lowest BCUT2D eigenvalue weighted by Crippen LogP contribution is -2.41. The Bertz CT molecular complexity index is 1400. The first-order chi connectivity index (χ1) is 15.8. The molecule has 0 spiro atoms. The van der Waals surface area contributed by atoms with Crippen LogP contribution in [0.25, 0.3) is 16.6 Å². The highest BCUT2D eigenvalue weighted by Gasteiger charge is 2.36. The largest absolute Gasteiger partial charge is 0.356 e. The van der Waals surface area contributed by atoms with Gasteiger partial charge in [0.15, 0.2) is 0 Å². The molecule has 156 valence electrons. The minimum atomic E-state index is -0.287. The highest BCUT2D eigenvalue weighted by molar-refractivity contribution is 5.98. The number of aromatic nitrogens is 4. The molecule has 0 saturated carbocycles. The number of nitrogens with one attached hydrogen (secondary N) is 1. The number of carbonyl (C=O) groups excluding carboxylic acids is 1. The summed E-state index contributed by atoms with van der Waals surface area (Å²) in [5.74, 6) is -0.0314. The van der Waals surface area contributed by atoms with Gasteiger partial charge in [-0.05, 0) is 48.4 Å². The predicted octanol–water partition coefficient (Wildman–Crippen LogP) is 4.54. The van der Waals surface area contributed by atoms with Crippen LogP contribution in [0.2, 0.25) is 0 Å². The van der Waals surface area contributed by atoms with Gasteiger partial charge in [0.25, 0.3) is 5.91 Å². The van der Waals surface area contributed by atoms with E-state index in [2.05, 4.69) is 33.3 Å². The van der Waals surface area contributed by atoms with Crippen molar-refractivity contribution < 1.29 is 4.79 Å². The average molecular weight is 419 g/mol. The van der Waals surface area contributed by atoms with Crippen molar-refractivity contribution in [3.8, 4) is 5.69 Å². The summed E-state index contributed by atoms with van der Waals surface area (Å²) >= 11 is 0. The van der Waals surface area contributed by atoms with Gasteiger partial charge in [-0.25, -0.2) is 4.68 Å². The van der Waals surface area contributed by atoms with Crippen molar-refractivity contribution in [2.45, 2.75) is 12.5 Å². The van der Waals surface area contributed by atoms with Crippen molar-refractivity contribution in [3.05, 3.63) is 114 Å². The van der Waals surface area contributed by atoms with E-state index in [1.54, 1.807) is 17.1 Å². The molecule has 1 N–H and O–H groups in total. The number of H-pyrrole nitrogens is 1. The lowest BCUT2D eigenvalue weighted by molar-refractivity contribution is 0.0688. The number of hydrogen-bond donors (Lipinski definition) is 1. The number of carbonyl (C=O) groups is 1. The molecule has 6 heteroatoms. The second-order valence-electron chi connectivity index (χ2n) is 7.94. The number of amides is 1. The van der Waals surface area contributed by atoms with Gasteiger partial charge in [-0.15, -0.1) is 0 Å². The van der Waals surface area contributed by atoms with Crippen LogP contribution < -0.4 is 0 Å². The maximum Gasteiger partial charge on any atom is 0.256 e. The molecule has 6 nitrogen and oxygen atoms in total. The molecule has 0 saturated heterocycles. The zero-order valence-electron chi connectivity index (χ0n) is 17.3. The zero-order chi connectivity index (χ0) is 21.5. The van der Waals surface area contributed by atoms with Gasteiger partial charge in [0.2, 0.25) is 0 Å². The van der Waals surface area contributed by atoms with Gasteiger partial charge >= 0.3 is 0 Å². The van der Waals surface area contributed by atoms with Crippen molar-refractivity contribution in [1.29, 1.82) is 0 Å². The number of pyridine rings is 1. The second-order valence-corrected chi connectivity index (χ2v) is 7.94. The number of nitrogens with zero attached hydrogens (tertiary/aromatic N) is 4. The number of fused-ring (bicyclic) bond motifs is 3. The van der Waals surface area contributed by atoms with E-state index in [-0.39, 0.29) is 11.9 Å². The molecule has 4 heterocycles. The van der Waals surface area contributed by atoms with Crippen molar-refractivity contribution >= 4 is 16.8 Å². The Balaban J connectivity index is 1.50. The van der Waals surface area contributed by atoms with Gasteiger partial charge in [-0.1, -0.05) is 36.4 Å². The fraction of sp³-hybridized carbons (Fsp3) is 0.115. The molecule has 5 aromatic rings. The molecule has 32 heavy (non-hydrogen) atoms. The van der Waals surface area contributed by atoms with Crippen molar-refractivity contribution in [1.82, 2.24) is 24.6 Å². The Morgan fingerprint density at radius 3 is 2.62 bits per heavy atom. The molecule has 6 rings (SSSR count). The lowest BCUT2D eigenvalue weighted by atomic mass is 9.94. The van der Waals surface area contributed by atoms with E-state index in [9.17, 15) is 4.79 Å². The van der Waals surface area contributed by atoms with Crippen molar-refractivity contribution in [3.63, 3.8) is 0 Å². The smallest absolute Gasteiger partial charge is 0.256 e. The van der Waals surface area contributed by atoms with Gasteiger partial charge < -0.3 is 9.88 Å². The van der Waals surface area contributed by atoms with Crippen LogP contribution in [-0.4, -0.2) is 37.1 Å². The Morgan fingerprint density at radius 2 is 1.78 bits per heavy atom. The number of aromatic amines is 1. The molecular weight excluding hydrogens is 398 g/mol. The maximum atomic E-state index is 14.0. The SMILES string of the molecule is O=C(c1ccccc1-n1cccn1)N1CCc2c([nH]c3ccccc23)[C@@H]1c1ccccn1. The topological polar surface area (TPSA) is 66.8 Å². The Morgan fingerprint density at radius 1 is 0.938 bits per heavy atom. The van der Waals surface area contributed by atoms with Crippen LogP contribution >= 0.6 is 0 Å². The van der Waals surface area contributed by atoms with Crippen LogP contribution in [0.4, 0.5) is 0 Å². The van der Waals surface area contributed by atoms with Crippen LogP contribution in [0.5, 0.6) is 0 Å². The molecule has 1 aliphatic rings. The standard InChI is InChI=1S/C26H21N5O/c32-26(20-9-2-4-12-23(20)31-16-7-15-28-31)30-17-13-19-18-8-1-3-10-21(18)29-24(19)25(30)22-11-5-6-14-27-22/h1-12,14-16,25,29H,13,17H2/t25-/m0/s1. The minimum absolute atomic E-state index is 0.0314. The van der Waals surface area contributed by atoms with Gasteiger partial charge in [0.1, 0.15) is 6.04 Å². The molecule has 2 aromatic carbocycles. The van der Waals surface area contributed by atoms with Crippen LogP contribution in [0.3, 0.4) is 0 Å². The summed E-state index contributed by atoms with van der Waals surface area (Å²) < 4.78 is 1.74. The molecule has 0 fully saturated rings. The minimum Gasteiger partial charge on any atom is -0.356 e. The number of hydrogen-bond acceptors (Lipinski definition) is 3. The quantitative estimate of drug-likeness (QED) is 0.467. The monoisotopic (exact) mass is 419 g/mol. The molecule has 1 atom stereocenters. The third-order valence-corrected chi connectivity index (χ3v) is 6.15. The Kier molecular flexibility index (Phi) is 4.35. The summed E-state index contributed by atoms with van der Waals surface area (Å²) in [6.45, 7) is 0.613. The molecule has 0 bridgehead atoms. The first-order valence-corrected chi connectivity index (χ1v) is 10.7. The first kappa shape index (κ1) is 18.6. The zero-order valence-corrected chi connectivity index (χ0v) is 17.3. The molecule has 1 amide bonds. The molecule has 0 radical (unpaired) electrons. The number of benzene rings is 2.